The zero-order valence-corrected chi connectivity index (χ0v) is 56.9. The Labute approximate surface area is 517 Å². The van der Waals surface area contributed by atoms with Crippen molar-refractivity contribution >= 4 is 39.5 Å². The summed E-state index contributed by atoms with van der Waals surface area (Å²) in [6.07, 6.45) is 39.5. The molecule has 0 radical (unpaired) electrons. The molecule has 0 aromatic rings. The molecule has 0 fully saturated rings. The predicted octanol–water partition coefficient (Wildman–Crippen LogP) is 18.3. The predicted molar refractivity (Wildman–Crippen MR) is 340 cm³/mol. The summed E-state index contributed by atoms with van der Waals surface area (Å²) in [5.74, 6) is 0.0855. The Morgan fingerprint density at radius 2 is 0.541 bits per heavy atom. The lowest BCUT2D eigenvalue weighted by Gasteiger charge is -2.21. The van der Waals surface area contributed by atoms with Gasteiger partial charge in [0.05, 0.1) is 26.4 Å². The van der Waals surface area contributed by atoms with Crippen molar-refractivity contribution < 1.29 is 80.2 Å². The van der Waals surface area contributed by atoms with Crippen LogP contribution in [0.4, 0.5) is 0 Å². The molecule has 504 valence electrons. The van der Waals surface area contributed by atoms with Crippen LogP contribution < -0.4 is 0 Å². The molecule has 5 atom stereocenters. The second-order valence-electron chi connectivity index (χ2n) is 25.3. The smallest absolute Gasteiger partial charge is 0.462 e. The van der Waals surface area contributed by atoms with Crippen molar-refractivity contribution in [2.24, 2.45) is 17.8 Å². The molecule has 0 aliphatic carbocycles. The zero-order chi connectivity index (χ0) is 63.1. The molecule has 0 heterocycles. The van der Waals surface area contributed by atoms with Crippen molar-refractivity contribution in [3.63, 3.8) is 0 Å². The van der Waals surface area contributed by atoms with Crippen LogP contribution in [0.2, 0.25) is 0 Å². The van der Waals surface area contributed by atoms with E-state index in [0.717, 1.165) is 108 Å². The van der Waals surface area contributed by atoms with Gasteiger partial charge in [0, 0.05) is 25.7 Å². The topological polar surface area (TPSA) is 237 Å². The van der Waals surface area contributed by atoms with E-state index in [0.29, 0.717) is 31.6 Å². The Kier molecular flexibility index (Phi) is 55.9. The molecule has 0 rings (SSSR count). The number of ether oxygens (including phenoxy) is 4. The summed E-state index contributed by atoms with van der Waals surface area (Å²) in [6.45, 7) is 11.7. The van der Waals surface area contributed by atoms with Crippen molar-refractivity contribution in [1.29, 1.82) is 0 Å². The van der Waals surface area contributed by atoms with Gasteiger partial charge in [-0.05, 0) is 43.4 Å². The van der Waals surface area contributed by atoms with E-state index in [2.05, 4.69) is 48.5 Å². The maximum atomic E-state index is 13.0. The van der Waals surface area contributed by atoms with E-state index in [-0.39, 0.29) is 25.7 Å². The van der Waals surface area contributed by atoms with E-state index in [1.54, 1.807) is 0 Å². The Morgan fingerprint density at radius 1 is 0.318 bits per heavy atom. The molecule has 0 aromatic heterocycles. The van der Waals surface area contributed by atoms with Crippen molar-refractivity contribution in [3.05, 3.63) is 0 Å². The van der Waals surface area contributed by atoms with Crippen molar-refractivity contribution in [2.45, 2.75) is 343 Å². The summed E-state index contributed by atoms with van der Waals surface area (Å²) in [7, 11) is -9.88. The molecule has 0 saturated carbocycles. The molecule has 17 nitrogen and oxygen atoms in total. The Hall–Kier alpha value is -1.94. The van der Waals surface area contributed by atoms with Gasteiger partial charge in [-0.2, -0.15) is 0 Å². The normalized spacial score (nSPS) is 14.3. The average molecular weight is 1260 g/mol. The number of aliphatic hydroxyl groups is 1. The molecule has 0 spiro atoms. The van der Waals surface area contributed by atoms with E-state index in [1.807, 2.05) is 0 Å². The van der Waals surface area contributed by atoms with E-state index >= 15 is 0 Å². The molecule has 0 amide bonds. The van der Waals surface area contributed by atoms with Crippen LogP contribution in [-0.2, 0) is 65.4 Å². The van der Waals surface area contributed by atoms with Gasteiger partial charge in [-0.15, -0.1) is 0 Å². The van der Waals surface area contributed by atoms with E-state index in [4.69, 9.17) is 37.0 Å². The second-order valence-corrected chi connectivity index (χ2v) is 28.2. The molecule has 0 aliphatic rings. The number of phosphoric acid groups is 2. The van der Waals surface area contributed by atoms with Crippen LogP contribution in [0.1, 0.15) is 325 Å². The minimum absolute atomic E-state index is 0.102. The lowest BCUT2D eigenvalue weighted by molar-refractivity contribution is -0.161. The van der Waals surface area contributed by atoms with E-state index in [1.165, 1.54) is 128 Å². The number of carbonyl (C=O) groups excluding carboxylic acids is 4. The zero-order valence-electron chi connectivity index (χ0n) is 55.1. The lowest BCUT2D eigenvalue weighted by Crippen LogP contribution is -2.30. The fourth-order valence-corrected chi connectivity index (χ4v) is 11.4. The third kappa shape index (κ3) is 60.7. The van der Waals surface area contributed by atoms with Crippen molar-refractivity contribution in [2.75, 3.05) is 39.6 Å². The minimum Gasteiger partial charge on any atom is -0.462 e. The summed E-state index contributed by atoms with van der Waals surface area (Å²) >= 11 is 0. The van der Waals surface area contributed by atoms with Gasteiger partial charge < -0.3 is 33.8 Å². The third-order valence-electron chi connectivity index (χ3n) is 15.1. The number of hydrogen-bond acceptors (Lipinski definition) is 15. The number of unbranched alkanes of at least 4 members (excludes halogenated alkanes) is 32. The first-order chi connectivity index (χ1) is 40.7. The summed E-state index contributed by atoms with van der Waals surface area (Å²) in [6, 6.07) is 0. The quantitative estimate of drug-likeness (QED) is 0.0222. The summed E-state index contributed by atoms with van der Waals surface area (Å²) in [5.41, 5.74) is 0. The highest BCUT2D eigenvalue weighted by molar-refractivity contribution is 7.47. The Morgan fingerprint density at radius 3 is 0.800 bits per heavy atom. The number of esters is 4. The lowest BCUT2D eigenvalue weighted by atomic mass is 10.0. The van der Waals surface area contributed by atoms with E-state index < -0.39 is 97.5 Å². The first kappa shape index (κ1) is 83.1. The van der Waals surface area contributed by atoms with Gasteiger partial charge in [0.25, 0.3) is 0 Å². The summed E-state index contributed by atoms with van der Waals surface area (Å²) in [5, 5.41) is 10.5. The monoisotopic (exact) mass is 1250 g/mol. The second kappa shape index (κ2) is 57.2. The van der Waals surface area contributed by atoms with Crippen LogP contribution in [0.15, 0.2) is 0 Å². The maximum absolute atomic E-state index is 13.0. The first-order valence-corrected chi connectivity index (χ1v) is 37.3. The van der Waals surface area contributed by atoms with Gasteiger partial charge in [0.15, 0.2) is 12.2 Å². The fraction of sp³-hybridized carbons (Fsp3) is 0.939. The minimum atomic E-state index is -4.95. The molecule has 0 bridgehead atoms. The number of phosphoric ester groups is 2. The van der Waals surface area contributed by atoms with Crippen molar-refractivity contribution in [1.82, 2.24) is 0 Å². The average Bonchev–Trinajstić information content (AvgIpc) is 3.62. The van der Waals surface area contributed by atoms with Crippen LogP contribution in [0.5, 0.6) is 0 Å². The first-order valence-electron chi connectivity index (χ1n) is 34.3. The van der Waals surface area contributed by atoms with Gasteiger partial charge >= 0.3 is 39.5 Å². The number of aliphatic hydroxyl groups excluding tert-OH is 1. The fourth-order valence-electron chi connectivity index (χ4n) is 9.83. The van der Waals surface area contributed by atoms with Crippen LogP contribution in [0.3, 0.4) is 0 Å². The van der Waals surface area contributed by atoms with Gasteiger partial charge in [-0.1, -0.05) is 273 Å². The molecule has 0 aromatic carbocycles. The van der Waals surface area contributed by atoms with Gasteiger partial charge in [-0.3, -0.25) is 37.3 Å². The van der Waals surface area contributed by atoms with Crippen LogP contribution >= 0.6 is 15.6 Å². The standard InChI is InChI=1S/C66H128O17P2/c1-8-9-10-30-40-47-63(68)76-53-61(82-66(71)50-43-36-29-23-26-33-39-46-59(6)7)55-80-84(72,73)78-51-60(67)52-79-85(74,75)81-56-62(54-77-64(69)48-41-34-27-22-21-25-32-38-45-58(4)5)83-65(70)49-42-35-28-20-18-16-14-12-11-13-15-17-19-24-31-37-44-57(2)3/h57-62,67H,8-56H2,1-7H3,(H,72,73)(H,74,75)/t60-,61+,62+/m0/s1. The molecule has 0 saturated heterocycles. The SMILES string of the molecule is CCCCCCCC(=O)OC[C@H](COP(=O)(O)OC[C@H](O)COP(=O)(O)OC[C@@H](COC(=O)CCCCCCCCCCC(C)C)OC(=O)CCCCCCCCCCCCCCCCCCC(C)C)OC(=O)CCCCCCCCCC(C)C. The van der Waals surface area contributed by atoms with Gasteiger partial charge in [-0.25, -0.2) is 9.13 Å². The molecule has 19 heteroatoms. The molecule has 3 N–H and O–H groups in total. The number of carbonyl (C=O) groups is 4. The Balaban J connectivity index is 5.13. The van der Waals surface area contributed by atoms with Gasteiger partial charge in [0.1, 0.15) is 19.3 Å². The van der Waals surface area contributed by atoms with Crippen LogP contribution in [-0.4, -0.2) is 96.7 Å². The van der Waals surface area contributed by atoms with Crippen molar-refractivity contribution in [3.8, 4) is 0 Å². The van der Waals surface area contributed by atoms with Crippen LogP contribution in [0.25, 0.3) is 0 Å². The third-order valence-corrected chi connectivity index (χ3v) is 17.0. The molecule has 0 aliphatic heterocycles. The number of hydrogen-bond donors (Lipinski definition) is 3. The van der Waals surface area contributed by atoms with E-state index in [9.17, 15) is 43.2 Å². The molecule has 85 heavy (non-hydrogen) atoms. The highest BCUT2D eigenvalue weighted by atomic mass is 31.2. The molecular formula is C66H128O17P2. The van der Waals surface area contributed by atoms with Gasteiger partial charge in [0.2, 0.25) is 0 Å². The highest BCUT2D eigenvalue weighted by Gasteiger charge is 2.30. The van der Waals surface area contributed by atoms with Crippen LogP contribution in [0, 0.1) is 17.8 Å². The molecular weight excluding hydrogens is 1130 g/mol. The summed E-state index contributed by atoms with van der Waals surface area (Å²) in [4.78, 5) is 72.0. The number of rotatable bonds is 64. The molecule has 2 unspecified atom stereocenters. The Bertz CT molecular complexity index is 1680. The largest absolute Gasteiger partial charge is 0.472 e. The maximum Gasteiger partial charge on any atom is 0.472 e. The summed E-state index contributed by atoms with van der Waals surface area (Å²) < 4.78 is 67.8. The highest BCUT2D eigenvalue weighted by Crippen LogP contribution is 2.45.